The summed E-state index contributed by atoms with van der Waals surface area (Å²) in [6, 6.07) is 44.7. The van der Waals surface area contributed by atoms with Crippen molar-refractivity contribution >= 4 is 9.28 Å². The van der Waals surface area contributed by atoms with Crippen LogP contribution in [-0.2, 0) is 32.1 Å². The topological polar surface area (TPSA) is 0 Å². The van der Waals surface area contributed by atoms with Gasteiger partial charge >= 0.3 is 280 Å². The van der Waals surface area contributed by atoms with Crippen LogP contribution in [0.3, 0.4) is 0 Å². The first kappa shape index (κ1) is 30.3. The molecule has 0 bridgehead atoms. The van der Waals surface area contributed by atoms with Crippen molar-refractivity contribution in [2.45, 2.75) is 66.5 Å². The molecule has 5 aromatic rings. The van der Waals surface area contributed by atoms with Crippen molar-refractivity contribution in [3.63, 3.8) is 0 Å². The second-order valence-electron chi connectivity index (χ2n) is 15.1. The summed E-state index contributed by atoms with van der Waals surface area (Å²) >= 11 is -2.85. The zero-order valence-corrected chi connectivity index (χ0v) is 30.2. The van der Waals surface area contributed by atoms with Crippen molar-refractivity contribution in [3.8, 4) is 11.1 Å². The molecule has 0 fully saturated rings. The van der Waals surface area contributed by atoms with Crippen LogP contribution in [-0.4, -0.2) is 3.21 Å². The van der Waals surface area contributed by atoms with Gasteiger partial charge < -0.3 is 0 Å². The molecular weight excluding hydrogens is 620 g/mol. The molecular formula is C44H44Zr. The van der Waals surface area contributed by atoms with Gasteiger partial charge in [-0.2, -0.15) is 0 Å². The van der Waals surface area contributed by atoms with Crippen molar-refractivity contribution < 1.29 is 21.3 Å². The van der Waals surface area contributed by atoms with Gasteiger partial charge in [0.2, 0.25) is 0 Å². The van der Waals surface area contributed by atoms with E-state index in [1.165, 1.54) is 50.1 Å². The summed E-state index contributed by atoms with van der Waals surface area (Å²) in [7, 11) is 0. The summed E-state index contributed by atoms with van der Waals surface area (Å²) < 4.78 is 2.44. The van der Waals surface area contributed by atoms with Crippen LogP contribution in [0.4, 0.5) is 0 Å². The Morgan fingerprint density at radius 3 is 1.56 bits per heavy atom. The van der Waals surface area contributed by atoms with Crippen LogP contribution in [0.2, 0.25) is 0 Å². The van der Waals surface area contributed by atoms with Gasteiger partial charge in [0.1, 0.15) is 0 Å². The minimum atomic E-state index is -2.85. The first-order chi connectivity index (χ1) is 21.5. The molecule has 0 saturated carbocycles. The Labute approximate surface area is 278 Å². The van der Waals surface area contributed by atoms with Crippen LogP contribution in [0.5, 0.6) is 0 Å². The molecule has 0 aliphatic heterocycles. The number of benzene rings is 5. The maximum atomic E-state index is 2.60. The van der Waals surface area contributed by atoms with Crippen molar-refractivity contribution in [1.82, 2.24) is 0 Å². The fraction of sp³-hybridized carbons (Fsp3) is 0.250. The second kappa shape index (κ2) is 11.4. The molecule has 0 saturated heterocycles. The van der Waals surface area contributed by atoms with Crippen molar-refractivity contribution in [3.05, 3.63) is 171 Å². The standard InChI is InChI=1S/C21H25.C13H10.C10H9.Zr/c1-20(2,3)16-7-9-18-14(12-16)11-15-13-17(21(4,5)6)8-10-19(15)18;1-3-7-12(8-4-1)11-13-9-5-2-6-10-13;1-8-5-6-9-3-2-4-10(9)7-8;/h7-13H,1-6H3;1-10H;2-7H,1H3;. The molecule has 5 aromatic carbocycles. The van der Waals surface area contributed by atoms with E-state index in [-0.39, 0.29) is 10.8 Å². The van der Waals surface area contributed by atoms with E-state index in [2.05, 4.69) is 176 Å². The van der Waals surface area contributed by atoms with Gasteiger partial charge in [0.05, 0.1) is 0 Å². The molecule has 0 nitrogen and oxygen atoms in total. The molecule has 0 amide bonds. The molecule has 2 aliphatic rings. The molecule has 0 aromatic heterocycles. The van der Waals surface area contributed by atoms with E-state index in [9.17, 15) is 0 Å². The molecule has 224 valence electrons. The molecule has 0 radical (unpaired) electrons. The third-order valence-electron chi connectivity index (χ3n) is 9.85. The molecule has 7 rings (SSSR count). The Balaban J connectivity index is 1.63. The van der Waals surface area contributed by atoms with Gasteiger partial charge in [-0.3, -0.25) is 0 Å². The average Bonchev–Trinajstić information content (AvgIpc) is 3.58. The molecule has 1 atom stereocenters. The molecule has 1 unspecified atom stereocenters. The number of fused-ring (bicyclic) bond motifs is 4. The van der Waals surface area contributed by atoms with Crippen LogP contribution in [0.1, 0.15) is 98.9 Å². The van der Waals surface area contributed by atoms with Crippen molar-refractivity contribution in [2.24, 2.45) is 0 Å². The summed E-state index contributed by atoms with van der Waals surface area (Å²) in [5, 5.41) is 0. The SMILES string of the molecule is Cc1ccc2c(c1)[CH]([Zr](=[C](c1ccccc1)c1ccccc1)[CH]1c3cc(C(C)(C)C)ccc3-c3ccc(C(C)(C)C)cc31)C=C2. The predicted molar refractivity (Wildman–Crippen MR) is 190 cm³/mol. The Morgan fingerprint density at radius 1 is 0.556 bits per heavy atom. The van der Waals surface area contributed by atoms with Gasteiger partial charge in [-0.25, -0.2) is 0 Å². The number of aryl methyl sites for hydroxylation is 1. The van der Waals surface area contributed by atoms with E-state index in [0.717, 1.165) is 0 Å². The van der Waals surface area contributed by atoms with E-state index in [4.69, 9.17) is 0 Å². The van der Waals surface area contributed by atoms with E-state index >= 15 is 0 Å². The van der Waals surface area contributed by atoms with Gasteiger partial charge in [-0.05, 0) is 0 Å². The van der Waals surface area contributed by atoms with E-state index in [1.54, 1.807) is 14.3 Å². The van der Waals surface area contributed by atoms with Crippen LogP contribution in [0, 0.1) is 6.92 Å². The Hall–Kier alpha value is -3.41. The summed E-state index contributed by atoms with van der Waals surface area (Å²) in [5.41, 5.74) is 16.1. The zero-order chi connectivity index (χ0) is 31.5. The first-order valence-corrected chi connectivity index (χ1v) is 20.5. The molecule has 0 N–H and O–H groups in total. The average molecular weight is 664 g/mol. The van der Waals surface area contributed by atoms with Gasteiger partial charge in [-0.15, -0.1) is 0 Å². The van der Waals surface area contributed by atoms with Crippen LogP contribution < -0.4 is 0 Å². The van der Waals surface area contributed by atoms with Gasteiger partial charge in [0.15, 0.2) is 0 Å². The summed E-state index contributed by atoms with van der Waals surface area (Å²) in [6.07, 6.45) is 5.01. The molecule has 45 heavy (non-hydrogen) atoms. The fourth-order valence-electron chi connectivity index (χ4n) is 7.41. The number of hydrogen-bond donors (Lipinski definition) is 0. The van der Waals surface area contributed by atoms with Gasteiger partial charge in [0.25, 0.3) is 0 Å². The summed E-state index contributed by atoms with van der Waals surface area (Å²) in [4.78, 5) is 0. The third-order valence-corrected chi connectivity index (χ3v) is 18.6. The maximum absolute atomic E-state index is 2.85. The summed E-state index contributed by atoms with van der Waals surface area (Å²) in [6.45, 7) is 16.4. The van der Waals surface area contributed by atoms with E-state index in [1.807, 2.05) is 0 Å². The fourth-order valence-corrected chi connectivity index (χ4v) is 17.2. The Bertz CT molecular complexity index is 1860. The van der Waals surface area contributed by atoms with Crippen molar-refractivity contribution in [2.75, 3.05) is 0 Å². The number of rotatable bonds is 4. The number of hydrogen-bond acceptors (Lipinski definition) is 0. The zero-order valence-electron chi connectivity index (χ0n) is 27.8. The molecule has 0 heterocycles. The van der Waals surface area contributed by atoms with E-state index in [0.29, 0.717) is 7.25 Å². The second-order valence-corrected chi connectivity index (χ2v) is 21.5. The number of allylic oxidation sites excluding steroid dienone is 1. The Kier molecular flexibility index (Phi) is 7.69. The van der Waals surface area contributed by atoms with Crippen LogP contribution >= 0.6 is 0 Å². The van der Waals surface area contributed by atoms with Gasteiger partial charge in [0, 0.05) is 0 Å². The predicted octanol–water partition coefficient (Wildman–Crippen LogP) is 11.3. The third kappa shape index (κ3) is 5.53. The minimum absolute atomic E-state index is 0.0802. The quantitative estimate of drug-likeness (QED) is 0.179. The normalized spacial score (nSPS) is 15.5. The summed E-state index contributed by atoms with van der Waals surface area (Å²) in [5.74, 6) is 0. The van der Waals surface area contributed by atoms with Gasteiger partial charge in [-0.1, -0.05) is 0 Å². The van der Waals surface area contributed by atoms with E-state index < -0.39 is 21.3 Å². The monoisotopic (exact) mass is 662 g/mol. The molecule has 0 spiro atoms. The molecule has 2 aliphatic carbocycles. The van der Waals surface area contributed by atoms with Crippen LogP contribution in [0.15, 0.2) is 121 Å². The first-order valence-electron chi connectivity index (χ1n) is 16.4. The molecule has 1 heteroatoms. The Morgan fingerprint density at radius 2 is 1.07 bits per heavy atom. The van der Waals surface area contributed by atoms with Crippen LogP contribution in [0.25, 0.3) is 17.2 Å². The van der Waals surface area contributed by atoms with Crippen molar-refractivity contribution in [1.29, 1.82) is 0 Å².